The van der Waals surface area contributed by atoms with E-state index in [-0.39, 0.29) is 10.6 Å². The highest BCUT2D eigenvalue weighted by molar-refractivity contribution is 5.32. The van der Waals surface area contributed by atoms with Crippen LogP contribution in [0.25, 0.3) is 0 Å². The molecule has 1 aromatic rings. The third-order valence-electron chi connectivity index (χ3n) is 5.71. The molecule has 3 rings (SSSR count). The van der Waals surface area contributed by atoms with Gasteiger partial charge in [-0.1, -0.05) is 13.3 Å². The van der Waals surface area contributed by atoms with E-state index in [4.69, 9.17) is 0 Å². The van der Waals surface area contributed by atoms with Crippen molar-refractivity contribution in [2.24, 2.45) is 5.92 Å². The third kappa shape index (κ3) is 4.30. The predicted molar refractivity (Wildman–Crippen MR) is 89.6 cm³/mol. The second-order valence-corrected chi connectivity index (χ2v) is 7.48. The van der Waals surface area contributed by atoms with Crippen molar-refractivity contribution in [1.29, 1.82) is 0 Å². The number of quaternary nitrogens is 2. The maximum Gasteiger partial charge on any atom is 0.269 e. The number of nitro benzene ring substituents is 1. The lowest BCUT2D eigenvalue weighted by atomic mass is 9.86. The number of nitrogens with one attached hydrogen (secondary N) is 2. The van der Waals surface area contributed by atoms with Crippen LogP contribution < -0.4 is 9.80 Å². The third-order valence-corrected chi connectivity index (χ3v) is 5.71. The molecule has 1 heterocycles. The van der Waals surface area contributed by atoms with Crippen LogP contribution in [0, 0.1) is 16.0 Å². The van der Waals surface area contributed by atoms with Gasteiger partial charge in [0.15, 0.2) is 0 Å². The van der Waals surface area contributed by atoms with E-state index in [0.29, 0.717) is 0 Å². The first-order valence-corrected chi connectivity index (χ1v) is 9.03. The summed E-state index contributed by atoms with van der Waals surface area (Å²) in [5.74, 6) is 0.909. The molecule has 2 aliphatic rings. The lowest BCUT2D eigenvalue weighted by Crippen LogP contribution is -3.29. The van der Waals surface area contributed by atoms with Crippen molar-refractivity contribution in [2.75, 3.05) is 26.2 Å². The number of non-ortho nitro benzene ring substituents is 1. The predicted octanol–water partition coefficient (Wildman–Crippen LogP) is 0.457. The molecular formula is C18H29N3O2+2. The molecule has 1 aliphatic heterocycles. The van der Waals surface area contributed by atoms with Gasteiger partial charge in [-0.05, 0) is 30.9 Å². The van der Waals surface area contributed by atoms with Gasteiger partial charge in [0, 0.05) is 24.1 Å². The molecule has 23 heavy (non-hydrogen) atoms. The van der Waals surface area contributed by atoms with E-state index in [1.165, 1.54) is 57.4 Å². The van der Waals surface area contributed by atoms with E-state index < -0.39 is 0 Å². The van der Waals surface area contributed by atoms with Gasteiger partial charge in [-0.15, -0.1) is 0 Å². The fourth-order valence-electron chi connectivity index (χ4n) is 4.34. The van der Waals surface area contributed by atoms with Crippen LogP contribution in [-0.4, -0.2) is 37.1 Å². The van der Waals surface area contributed by atoms with Crippen LogP contribution in [0.4, 0.5) is 5.69 Å². The van der Waals surface area contributed by atoms with Crippen molar-refractivity contribution in [3.8, 4) is 0 Å². The van der Waals surface area contributed by atoms with E-state index in [9.17, 15) is 10.1 Å². The second-order valence-electron chi connectivity index (χ2n) is 7.48. The van der Waals surface area contributed by atoms with Crippen LogP contribution in [0.15, 0.2) is 24.3 Å². The van der Waals surface area contributed by atoms with E-state index in [1.54, 1.807) is 17.0 Å². The molecule has 0 unspecified atom stereocenters. The highest BCUT2D eigenvalue weighted by atomic mass is 16.6. The number of nitrogens with zero attached hydrogens (tertiary/aromatic N) is 1. The Labute approximate surface area is 138 Å². The molecule has 5 nitrogen and oxygen atoms in total. The lowest BCUT2D eigenvalue weighted by molar-refractivity contribution is -1.03. The van der Waals surface area contributed by atoms with E-state index in [2.05, 4.69) is 6.92 Å². The minimum absolute atomic E-state index is 0.185. The lowest BCUT2D eigenvalue weighted by Gasteiger charge is -2.37. The standard InChI is InChI=1S/C18H27N3O2/c1-15-3-2-4-18(13-15)20-11-9-19(10-12-20)14-16-5-7-17(8-6-16)21(22)23/h5-8,15,18H,2-4,9-14H2,1H3/p+2/t15-,18+/m0/s1. The molecule has 2 atom stereocenters. The molecule has 0 aromatic heterocycles. The van der Waals surface area contributed by atoms with Gasteiger partial charge in [0.1, 0.15) is 32.7 Å². The van der Waals surface area contributed by atoms with Gasteiger partial charge < -0.3 is 9.80 Å². The molecule has 1 aromatic carbocycles. The first kappa shape index (κ1) is 16.4. The molecule has 2 N–H and O–H groups in total. The summed E-state index contributed by atoms with van der Waals surface area (Å²) in [6.45, 7) is 8.39. The summed E-state index contributed by atoms with van der Waals surface area (Å²) in [6, 6.07) is 7.96. The first-order chi connectivity index (χ1) is 11.1. The van der Waals surface area contributed by atoms with Crippen molar-refractivity contribution in [3.63, 3.8) is 0 Å². The SMILES string of the molecule is C[C@H]1CCC[C@@H]([NH+]2CC[NH+](Cc3ccc([N+](=O)[O-])cc3)CC2)C1. The molecule has 1 saturated carbocycles. The molecule has 1 saturated heterocycles. The second kappa shape index (κ2) is 7.41. The summed E-state index contributed by atoms with van der Waals surface area (Å²) >= 11 is 0. The summed E-state index contributed by atoms with van der Waals surface area (Å²) in [5.41, 5.74) is 1.39. The summed E-state index contributed by atoms with van der Waals surface area (Å²) in [4.78, 5) is 13.8. The highest BCUT2D eigenvalue weighted by Gasteiger charge is 2.32. The van der Waals surface area contributed by atoms with Crippen LogP contribution in [0.3, 0.4) is 0 Å². The molecule has 0 bridgehead atoms. The Morgan fingerprint density at radius 2 is 1.83 bits per heavy atom. The number of nitro groups is 1. The maximum absolute atomic E-state index is 10.7. The summed E-state index contributed by atoms with van der Waals surface area (Å²) in [7, 11) is 0. The number of hydrogen-bond acceptors (Lipinski definition) is 2. The maximum atomic E-state index is 10.7. The Hall–Kier alpha value is -1.46. The largest absolute Gasteiger partial charge is 0.323 e. The molecule has 5 heteroatoms. The van der Waals surface area contributed by atoms with E-state index in [0.717, 1.165) is 18.5 Å². The minimum Gasteiger partial charge on any atom is -0.323 e. The number of piperazine rings is 1. The molecular weight excluding hydrogens is 290 g/mol. The number of benzene rings is 1. The smallest absolute Gasteiger partial charge is 0.269 e. The van der Waals surface area contributed by atoms with Gasteiger partial charge >= 0.3 is 0 Å². The Morgan fingerprint density at radius 1 is 1.13 bits per heavy atom. The zero-order chi connectivity index (χ0) is 16.2. The van der Waals surface area contributed by atoms with E-state index in [1.807, 2.05) is 17.0 Å². The Bertz CT molecular complexity index is 524. The molecule has 0 radical (unpaired) electrons. The molecule has 0 spiro atoms. The van der Waals surface area contributed by atoms with Crippen LogP contribution in [0.1, 0.15) is 38.2 Å². The average Bonchev–Trinajstić information content (AvgIpc) is 2.56. The summed E-state index contributed by atoms with van der Waals surface area (Å²) in [6.07, 6.45) is 5.65. The Morgan fingerprint density at radius 3 is 2.43 bits per heavy atom. The first-order valence-electron chi connectivity index (χ1n) is 9.03. The van der Waals surface area contributed by atoms with E-state index >= 15 is 0 Å². The number of rotatable bonds is 4. The minimum atomic E-state index is -0.329. The van der Waals surface area contributed by atoms with Crippen LogP contribution in [-0.2, 0) is 6.54 Å². The van der Waals surface area contributed by atoms with Crippen LogP contribution in [0.2, 0.25) is 0 Å². The normalized spacial score (nSPS) is 31.7. The van der Waals surface area contributed by atoms with Gasteiger partial charge in [0.2, 0.25) is 0 Å². The monoisotopic (exact) mass is 319 g/mol. The zero-order valence-corrected chi connectivity index (χ0v) is 14.1. The van der Waals surface area contributed by atoms with Crippen LogP contribution >= 0.6 is 0 Å². The van der Waals surface area contributed by atoms with Gasteiger partial charge in [-0.2, -0.15) is 0 Å². The number of hydrogen-bond donors (Lipinski definition) is 2. The van der Waals surface area contributed by atoms with Gasteiger partial charge in [0.05, 0.1) is 11.0 Å². The quantitative estimate of drug-likeness (QED) is 0.626. The van der Waals surface area contributed by atoms with Crippen molar-refractivity contribution >= 4 is 5.69 Å². The van der Waals surface area contributed by atoms with Crippen LogP contribution in [0.5, 0.6) is 0 Å². The molecule has 0 amide bonds. The Balaban J connectivity index is 1.48. The van der Waals surface area contributed by atoms with Crippen molar-refractivity contribution in [2.45, 2.75) is 45.2 Å². The molecule has 126 valence electrons. The summed E-state index contributed by atoms with van der Waals surface area (Å²) < 4.78 is 0. The van der Waals surface area contributed by atoms with Gasteiger partial charge in [-0.25, -0.2) is 0 Å². The topological polar surface area (TPSA) is 52.0 Å². The van der Waals surface area contributed by atoms with Crippen molar-refractivity contribution < 1.29 is 14.7 Å². The molecule has 1 aliphatic carbocycles. The average molecular weight is 319 g/mol. The Kier molecular flexibility index (Phi) is 5.28. The van der Waals surface area contributed by atoms with Gasteiger partial charge in [0.25, 0.3) is 5.69 Å². The zero-order valence-electron chi connectivity index (χ0n) is 14.1. The molecule has 2 fully saturated rings. The van der Waals surface area contributed by atoms with Crippen molar-refractivity contribution in [1.82, 2.24) is 0 Å². The van der Waals surface area contributed by atoms with Gasteiger partial charge in [-0.3, -0.25) is 10.1 Å². The summed E-state index contributed by atoms with van der Waals surface area (Å²) in [5, 5.41) is 10.7. The fourth-order valence-corrected chi connectivity index (χ4v) is 4.34. The fraction of sp³-hybridized carbons (Fsp3) is 0.667. The van der Waals surface area contributed by atoms with Crippen molar-refractivity contribution in [3.05, 3.63) is 39.9 Å². The highest BCUT2D eigenvalue weighted by Crippen LogP contribution is 2.21.